The lowest BCUT2D eigenvalue weighted by molar-refractivity contribution is 0.350. The highest BCUT2D eigenvalue weighted by Crippen LogP contribution is 2.01. The molecule has 17 heavy (non-hydrogen) atoms. The minimum Gasteiger partial charge on any atom is -0.384 e. The third kappa shape index (κ3) is 2.16. The normalized spacial score (nSPS) is 9.71. The van der Waals surface area contributed by atoms with Crippen molar-refractivity contribution in [3.05, 3.63) is 44.9 Å². The van der Waals surface area contributed by atoms with Crippen LogP contribution in [0, 0.1) is 11.8 Å². The van der Waals surface area contributed by atoms with Crippen LogP contribution >= 0.6 is 0 Å². The molecule has 0 unspecified atom stereocenters. The average molecular weight is 232 g/mol. The fourth-order valence-corrected chi connectivity index (χ4v) is 1.28. The maximum atomic E-state index is 11.3. The average Bonchev–Trinajstić information content (AvgIpc) is 2.67. The summed E-state index contributed by atoms with van der Waals surface area (Å²) >= 11 is 0. The Bertz CT molecular complexity index is 671. The molecule has 2 aromatic rings. The highest BCUT2D eigenvalue weighted by atomic mass is 16.2. The predicted molar refractivity (Wildman–Crippen MR) is 58.8 cm³/mol. The summed E-state index contributed by atoms with van der Waals surface area (Å²) in [6.07, 6.45) is 1.43. The van der Waals surface area contributed by atoms with Crippen LogP contribution in [-0.4, -0.2) is 31.5 Å². The minimum atomic E-state index is -0.602. The number of aliphatic hydroxyl groups excluding tert-OH is 1. The van der Waals surface area contributed by atoms with Crippen LogP contribution in [0.4, 0.5) is 0 Å². The van der Waals surface area contributed by atoms with Gasteiger partial charge in [0, 0.05) is 11.8 Å². The molecule has 7 heteroatoms. The first-order valence-corrected chi connectivity index (χ1v) is 4.68. The smallest absolute Gasteiger partial charge is 0.350 e. The molecule has 0 amide bonds. The monoisotopic (exact) mass is 232 g/mol. The van der Waals surface area contributed by atoms with Crippen LogP contribution in [-0.2, 0) is 0 Å². The molecule has 0 fully saturated rings. The Labute approximate surface area is 94.7 Å². The molecular formula is C10H8N4O3. The van der Waals surface area contributed by atoms with Gasteiger partial charge < -0.3 is 5.11 Å². The zero-order valence-corrected chi connectivity index (χ0v) is 8.60. The third-order valence-electron chi connectivity index (χ3n) is 1.97. The van der Waals surface area contributed by atoms with E-state index >= 15 is 0 Å². The molecule has 2 aromatic heterocycles. The number of pyridine rings is 1. The fourth-order valence-electron chi connectivity index (χ4n) is 1.28. The first kappa shape index (κ1) is 10.9. The number of hydrogen-bond donors (Lipinski definition) is 3. The Morgan fingerprint density at radius 2 is 2.06 bits per heavy atom. The van der Waals surface area contributed by atoms with E-state index in [-0.39, 0.29) is 12.4 Å². The second-order valence-corrected chi connectivity index (χ2v) is 3.06. The number of hydrogen-bond acceptors (Lipinski definition) is 4. The largest absolute Gasteiger partial charge is 0.384 e. The van der Waals surface area contributed by atoms with Gasteiger partial charge in [-0.2, -0.15) is 4.57 Å². The molecule has 0 saturated heterocycles. The molecule has 0 aromatic carbocycles. The Kier molecular flexibility index (Phi) is 2.89. The number of aliphatic hydroxyl groups is 1. The van der Waals surface area contributed by atoms with Crippen LogP contribution in [0.25, 0.3) is 5.82 Å². The van der Waals surface area contributed by atoms with Crippen LogP contribution in [0.2, 0.25) is 0 Å². The predicted octanol–water partition coefficient (Wildman–Crippen LogP) is -1.41. The van der Waals surface area contributed by atoms with Crippen LogP contribution in [0.5, 0.6) is 0 Å². The number of H-pyrrole nitrogens is 2. The molecule has 2 heterocycles. The fraction of sp³-hybridized carbons (Fsp3) is 0.100. The van der Waals surface area contributed by atoms with Gasteiger partial charge in [-0.15, -0.1) is 0 Å². The molecule has 0 radical (unpaired) electrons. The Morgan fingerprint density at radius 1 is 1.35 bits per heavy atom. The summed E-state index contributed by atoms with van der Waals surface area (Å²) in [5, 5.41) is 12.9. The van der Waals surface area contributed by atoms with E-state index in [1.807, 2.05) is 0 Å². The van der Waals surface area contributed by atoms with Crippen molar-refractivity contribution in [3.63, 3.8) is 0 Å². The zero-order valence-electron chi connectivity index (χ0n) is 8.60. The Balaban J connectivity index is 2.54. The van der Waals surface area contributed by atoms with Crippen molar-refractivity contribution in [2.24, 2.45) is 0 Å². The van der Waals surface area contributed by atoms with E-state index in [0.717, 1.165) is 4.57 Å². The van der Waals surface area contributed by atoms with Gasteiger partial charge in [0.15, 0.2) is 0 Å². The lowest BCUT2D eigenvalue weighted by Crippen LogP contribution is -2.25. The number of nitrogens with zero attached hydrogens (tertiary/aromatic N) is 2. The first-order chi connectivity index (χ1) is 8.22. The van der Waals surface area contributed by atoms with Crippen LogP contribution < -0.4 is 11.4 Å². The quantitative estimate of drug-likeness (QED) is 0.525. The summed E-state index contributed by atoms with van der Waals surface area (Å²) in [5.74, 6) is 5.29. The molecule has 0 atom stereocenters. The molecule has 86 valence electrons. The molecule has 7 nitrogen and oxygen atoms in total. The molecule has 0 aliphatic carbocycles. The van der Waals surface area contributed by atoms with Crippen LogP contribution in [0.15, 0.2) is 27.9 Å². The van der Waals surface area contributed by atoms with Crippen molar-refractivity contribution in [2.45, 2.75) is 0 Å². The molecule has 0 spiro atoms. The maximum absolute atomic E-state index is 11.3. The van der Waals surface area contributed by atoms with Crippen LogP contribution in [0.1, 0.15) is 5.56 Å². The molecule has 0 saturated carbocycles. The van der Waals surface area contributed by atoms with E-state index in [0.29, 0.717) is 5.56 Å². The molecular weight excluding hydrogens is 224 g/mol. The van der Waals surface area contributed by atoms with Crippen molar-refractivity contribution in [1.82, 2.24) is 19.7 Å². The molecule has 0 aliphatic rings. The summed E-state index contributed by atoms with van der Waals surface area (Å²) < 4.78 is 0.851. The van der Waals surface area contributed by atoms with Gasteiger partial charge >= 0.3 is 11.4 Å². The van der Waals surface area contributed by atoms with Crippen molar-refractivity contribution in [2.75, 3.05) is 6.61 Å². The van der Waals surface area contributed by atoms with E-state index in [2.05, 4.69) is 27.0 Å². The summed E-state index contributed by atoms with van der Waals surface area (Å²) in [6, 6.07) is 3.09. The van der Waals surface area contributed by atoms with Crippen molar-refractivity contribution < 1.29 is 5.11 Å². The summed E-state index contributed by atoms with van der Waals surface area (Å²) in [5.41, 5.74) is -0.652. The Hall–Kier alpha value is -2.59. The van der Waals surface area contributed by atoms with Crippen molar-refractivity contribution in [1.29, 1.82) is 0 Å². The first-order valence-electron chi connectivity index (χ1n) is 4.68. The van der Waals surface area contributed by atoms with Gasteiger partial charge in [-0.3, -0.25) is 0 Å². The third-order valence-corrected chi connectivity index (χ3v) is 1.97. The number of aromatic nitrogens is 4. The van der Waals surface area contributed by atoms with E-state index in [1.165, 1.54) is 12.3 Å². The van der Waals surface area contributed by atoms with Gasteiger partial charge in [-0.25, -0.2) is 24.8 Å². The molecule has 2 rings (SSSR count). The minimum absolute atomic E-state index is 0.169. The number of nitrogens with one attached hydrogen (secondary N) is 2. The van der Waals surface area contributed by atoms with E-state index < -0.39 is 11.4 Å². The standard InChI is InChI=1S/C10H8N4O3/c15-5-1-2-7-3-4-11-8(6-7)14-9(16)12-13-10(14)17/h3-4,6,15H,5H2,(H,12,16)(H,13,17). The molecule has 0 aliphatic heterocycles. The number of rotatable bonds is 1. The van der Waals surface area contributed by atoms with Gasteiger partial charge in [0.25, 0.3) is 0 Å². The lowest BCUT2D eigenvalue weighted by atomic mass is 10.2. The summed E-state index contributed by atoms with van der Waals surface area (Å²) in [7, 11) is 0. The molecule has 0 bridgehead atoms. The van der Waals surface area contributed by atoms with Crippen molar-refractivity contribution >= 4 is 0 Å². The van der Waals surface area contributed by atoms with Gasteiger partial charge in [0.1, 0.15) is 12.4 Å². The van der Waals surface area contributed by atoms with Gasteiger partial charge in [0.05, 0.1) is 0 Å². The number of aromatic amines is 2. The van der Waals surface area contributed by atoms with Crippen LogP contribution in [0.3, 0.4) is 0 Å². The highest BCUT2D eigenvalue weighted by molar-refractivity contribution is 5.38. The zero-order chi connectivity index (χ0) is 12.3. The summed E-state index contributed by atoms with van der Waals surface area (Å²) in [4.78, 5) is 26.6. The van der Waals surface area contributed by atoms with Gasteiger partial charge in [-0.1, -0.05) is 11.8 Å². The van der Waals surface area contributed by atoms with E-state index in [1.54, 1.807) is 6.07 Å². The second-order valence-electron chi connectivity index (χ2n) is 3.06. The topological polar surface area (TPSA) is 104 Å². The lowest BCUT2D eigenvalue weighted by Gasteiger charge is -1.97. The Morgan fingerprint density at radius 3 is 2.71 bits per heavy atom. The highest BCUT2D eigenvalue weighted by Gasteiger charge is 2.06. The summed E-state index contributed by atoms with van der Waals surface area (Å²) in [6.45, 7) is -0.262. The SMILES string of the molecule is O=c1[nH][nH]c(=O)n1-c1cc(C#CCO)ccn1. The molecule has 3 N–H and O–H groups in total. The van der Waals surface area contributed by atoms with E-state index in [9.17, 15) is 9.59 Å². The van der Waals surface area contributed by atoms with E-state index in [4.69, 9.17) is 5.11 Å². The van der Waals surface area contributed by atoms with Gasteiger partial charge in [-0.05, 0) is 12.1 Å². The second kappa shape index (κ2) is 4.51. The maximum Gasteiger partial charge on any atom is 0.350 e. The van der Waals surface area contributed by atoms with Crippen molar-refractivity contribution in [3.8, 4) is 17.7 Å². The van der Waals surface area contributed by atoms with Gasteiger partial charge in [0.2, 0.25) is 0 Å².